The summed E-state index contributed by atoms with van der Waals surface area (Å²) in [5, 5.41) is -0.0814. The number of carbonyl (C=O) groups is 1. The number of nitrogens with zero attached hydrogens (tertiary/aromatic N) is 3. The predicted octanol–water partition coefficient (Wildman–Crippen LogP) is 2.97. The summed E-state index contributed by atoms with van der Waals surface area (Å²) in [7, 11) is 0.770. The molecule has 0 aliphatic rings. The number of aromatic nitrogens is 3. The van der Waals surface area contributed by atoms with E-state index in [4.69, 9.17) is 27.0 Å². The maximum Gasteiger partial charge on any atom is 0.431 e. The van der Waals surface area contributed by atoms with Gasteiger partial charge in [0.05, 0.1) is 11.4 Å². The van der Waals surface area contributed by atoms with Gasteiger partial charge in [-0.05, 0) is 12.1 Å². The molecule has 1 aromatic carbocycles. The molecule has 2 heterocycles. The fraction of sp³-hybridized carbons (Fsp3) is 0.158. The van der Waals surface area contributed by atoms with E-state index in [1.165, 1.54) is 12.1 Å². The lowest BCUT2D eigenvalue weighted by Crippen LogP contribution is -2.41. The van der Waals surface area contributed by atoms with E-state index >= 15 is 0 Å². The average molecular weight is 505 g/mol. The second kappa shape index (κ2) is 9.05. The Morgan fingerprint density at radius 2 is 1.82 bits per heavy atom. The van der Waals surface area contributed by atoms with Gasteiger partial charge in [-0.3, -0.25) is 14.2 Å². The van der Waals surface area contributed by atoms with Gasteiger partial charge in [0.15, 0.2) is 11.5 Å². The molecule has 10 nitrogen and oxygen atoms in total. The summed E-state index contributed by atoms with van der Waals surface area (Å²) in [6.07, 6.45) is -5.00. The van der Waals surface area contributed by atoms with E-state index in [2.05, 4.69) is 9.87 Å². The van der Waals surface area contributed by atoms with Gasteiger partial charge in [0.25, 0.3) is 5.56 Å². The number of pyridine rings is 1. The summed E-state index contributed by atoms with van der Waals surface area (Å²) in [5.74, 6) is -3.05. The number of hydrogen-bond donors (Lipinski definition) is 1. The highest BCUT2D eigenvalue weighted by molar-refractivity contribution is 6.29. The summed E-state index contributed by atoms with van der Waals surface area (Å²) in [5.41, 5.74) is 0.238. The molecule has 0 fully saturated rings. The average Bonchev–Trinajstić information content (AvgIpc) is 2.72. The van der Waals surface area contributed by atoms with Gasteiger partial charge in [-0.25, -0.2) is 23.4 Å². The lowest BCUT2D eigenvalue weighted by Gasteiger charge is -2.16. The Kier molecular flexibility index (Phi) is 6.54. The monoisotopic (exact) mass is 504 g/mol. The number of carbonyl (C=O) groups excluding carboxylic acids is 1. The zero-order chi connectivity index (χ0) is 25.4. The van der Waals surface area contributed by atoms with E-state index in [0.29, 0.717) is 6.07 Å². The van der Waals surface area contributed by atoms with Gasteiger partial charge < -0.3 is 10.5 Å². The second-order valence-electron chi connectivity index (χ2n) is 6.58. The Morgan fingerprint density at radius 1 is 1.15 bits per heavy atom. The molecule has 34 heavy (non-hydrogen) atoms. The van der Waals surface area contributed by atoms with Crippen LogP contribution in [0.1, 0.15) is 12.6 Å². The van der Waals surface area contributed by atoms with Crippen LogP contribution in [-0.2, 0) is 22.9 Å². The summed E-state index contributed by atoms with van der Waals surface area (Å²) in [4.78, 5) is 48.7. The topological polar surface area (TPSA) is 128 Å². The summed E-state index contributed by atoms with van der Waals surface area (Å²) in [6, 6.07) is 4.12. The first-order chi connectivity index (χ1) is 15.8. The normalized spacial score (nSPS) is 11.3. The number of alkyl halides is 3. The smallest absolute Gasteiger partial charge is 0.431 e. The third-order valence-electron chi connectivity index (χ3n) is 4.18. The van der Waals surface area contributed by atoms with Crippen molar-refractivity contribution in [3.05, 3.63) is 67.8 Å². The molecule has 180 valence electrons. The van der Waals surface area contributed by atoms with Crippen LogP contribution in [0, 0.1) is 5.82 Å². The van der Waals surface area contributed by atoms with Crippen molar-refractivity contribution in [2.24, 2.45) is 7.05 Å². The van der Waals surface area contributed by atoms with Crippen LogP contribution >= 0.6 is 11.6 Å². The van der Waals surface area contributed by atoms with E-state index in [1.807, 2.05) is 0 Å². The van der Waals surface area contributed by atoms with Crippen molar-refractivity contribution in [2.75, 3.05) is 5.73 Å². The maximum absolute atomic E-state index is 14.6. The van der Waals surface area contributed by atoms with Crippen LogP contribution in [0.3, 0.4) is 0 Å². The van der Waals surface area contributed by atoms with Gasteiger partial charge in [0, 0.05) is 32.2 Å². The number of nitrogens with two attached hydrogens (primary N) is 1. The molecular formula is C19H13ClF4N4O6. The van der Waals surface area contributed by atoms with E-state index in [-0.39, 0.29) is 37.5 Å². The van der Waals surface area contributed by atoms with Crippen molar-refractivity contribution >= 4 is 23.3 Å². The molecule has 0 radical (unpaired) electrons. The number of halogens is 5. The van der Waals surface area contributed by atoms with E-state index in [9.17, 15) is 31.9 Å². The molecule has 3 aromatic rings. The molecule has 0 saturated carbocycles. The van der Waals surface area contributed by atoms with Gasteiger partial charge in [-0.15, -0.1) is 0 Å². The quantitative estimate of drug-likeness (QED) is 0.185. The largest absolute Gasteiger partial charge is 0.449 e. The summed E-state index contributed by atoms with van der Waals surface area (Å²) >= 11 is 5.77. The van der Waals surface area contributed by atoms with Gasteiger partial charge in [0.2, 0.25) is 0 Å². The van der Waals surface area contributed by atoms with Crippen molar-refractivity contribution < 1.29 is 36.9 Å². The lowest BCUT2D eigenvalue weighted by molar-refractivity contribution is -0.212. The maximum atomic E-state index is 14.6. The first-order valence-corrected chi connectivity index (χ1v) is 9.36. The Hall–Kier alpha value is -4.07. The molecule has 15 heteroatoms. The molecule has 0 amide bonds. The zero-order valence-electron chi connectivity index (χ0n) is 17.1. The first-order valence-electron chi connectivity index (χ1n) is 8.98. The van der Waals surface area contributed by atoms with Crippen LogP contribution in [0.2, 0.25) is 5.15 Å². The SMILES string of the molecule is CC(=O)OOc1nc(Cl)ccc1Oc1cc(-n2c(=O)cc(C(F)(F)F)n(C)c2=O)c(F)cc1N. The number of benzene rings is 1. The molecule has 3 rings (SSSR count). The Labute approximate surface area is 191 Å². The second-order valence-corrected chi connectivity index (χ2v) is 6.97. The Morgan fingerprint density at radius 3 is 2.44 bits per heavy atom. The molecular weight excluding hydrogens is 492 g/mol. The van der Waals surface area contributed by atoms with Crippen LogP contribution in [0.4, 0.5) is 23.2 Å². The molecule has 0 unspecified atom stereocenters. The zero-order valence-corrected chi connectivity index (χ0v) is 17.9. The van der Waals surface area contributed by atoms with Crippen LogP contribution in [0.25, 0.3) is 5.69 Å². The third-order valence-corrected chi connectivity index (χ3v) is 4.39. The van der Waals surface area contributed by atoms with E-state index in [1.54, 1.807) is 0 Å². The van der Waals surface area contributed by atoms with Gasteiger partial charge in [-0.1, -0.05) is 11.6 Å². The number of hydrogen-bond acceptors (Lipinski definition) is 8. The Bertz CT molecular complexity index is 1400. The van der Waals surface area contributed by atoms with Crippen molar-refractivity contribution in [1.29, 1.82) is 0 Å². The molecule has 0 aliphatic carbocycles. The molecule has 2 N–H and O–H groups in total. The number of ether oxygens (including phenoxy) is 1. The highest BCUT2D eigenvalue weighted by Crippen LogP contribution is 2.36. The van der Waals surface area contributed by atoms with E-state index < -0.39 is 46.5 Å². The van der Waals surface area contributed by atoms with Crippen molar-refractivity contribution in [3.63, 3.8) is 0 Å². The number of nitrogen functional groups attached to an aromatic ring is 1. The Balaban J connectivity index is 2.13. The lowest BCUT2D eigenvalue weighted by atomic mass is 10.2. The summed E-state index contributed by atoms with van der Waals surface area (Å²) < 4.78 is 59.7. The number of rotatable bonds is 5. The minimum Gasteiger partial charge on any atom is -0.449 e. The minimum atomic E-state index is -5.00. The number of anilines is 1. The molecule has 0 spiro atoms. The summed E-state index contributed by atoms with van der Waals surface area (Å²) in [6.45, 7) is 1.04. The molecule has 0 atom stereocenters. The van der Waals surface area contributed by atoms with Crippen molar-refractivity contribution in [3.8, 4) is 23.1 Å². The minimum absolute atomic E-state index is 0.0814. The third kappa shape index (κ3) is 4.96. The fourth-order valence-corrected chi connectivity index (χ4v) is 2.84. The van der Waals surface area contributed by atoms with Crippen LogP contribution in [-0.4, -0.2) is 20.1 Å². The van der Waals surface area contributed by atoms with E-state index in [0.717, 1.165) is 20.0 Å². The van der Waals surface area contributed by atoms with Gasteiger partial charge in [0.1, 0.15) is 16.7 Å². The molecule has 0 aliphatic heterocycles. The first kappa shape index (κ1) is 24.6. The van der Waals surface area contributed by atoms with Crippen molar-refractivity contribution in [1.82, 2.24) is 14.1 Å². The van der Waals surface area contributed by atoms with Gasteiger partial charge in [-0.2, -0.15) is 18.2 Å². The standard InChI is InChI=1S/C19H13ClF4N4O6/c1-8(29)33-34-17-12(3-4-15(20)26-17)32-13-6-11(9(21)5-10(13)25)28-16(30)7-14(19(22,23)24)27(2)18(28)31/h3-7H,25H2,1-2H3. The fourth-order valence-electron chi connectivity index (χ4n) is 2.70. The van der Waals surface area contributed by atoms with Crippen LogP contribution < -0.4 is 26.6 Å². The highest BCUT2D eigenvalue weighted by atomic mass is 35.5. The highest BCUT2D eigenvalue weighted by Gasteiger charge is 2.35. The molecule has 2 aromatic heterocycles. The predicted molar refractivity (Wildman–Crippen MR) is 108 cm³/mol. The van der Waals surface area contributed by atoms with Crippen molar-refractivity contribution in [2.45, 2.75) is 13.1 Å². The van der Waals surface area contributed by atoms with Gasteiger partial charge >= 0.3 is 23.7 Å². The molecule has 0 bridgehead atoms. The van der Waals surface area contributed by atoms with Crippen LogP contribution in [0.5, 0.6) is 17.4 Å². The molecule has 0 saturated heterocycles. The van der Waals surface area contributed by atoms with Crippen LogP contribution in [0.15, 0.2) is 39.9 Å².